The highest BCUT2D eigenvalue weighted by Gasteiger charge is 2.40. The third-order valence-corrected chi connectivity index (χ3v) is 3.86. The molecule has 0 unspecified atom stereocenters. The summed E-state index contributed by atoms with van der Waals surface area (Å²) in [6.45, 7) is 0.327. The molecule has 1 N–H and O–H groups in total. The number of nitrogens with one attached hydrogen (secondary N) is 1. The van der Waals surface area contributed by atoms with Crippen LogP contribution in [0.5, 0.6) is 11.5 Å². The fourth-order valence-electron chi connectivity index (χ4n) is 2.51. The quantitative estimate of drug-likeness (QED) is 0.869. The van der Waals surface area contributed by atoms with Gasteiger partial charge in [0.15, 0.2) is 18.1 Å². The monoisotopic (exact) mass is 360 g/mol. The molecule has 2 amide bonds. The molecule has 0 spiro atoms. The van der Waals surface area contributed by atoms with E-state index in [2.05, 4.69) is 0 Å². The van der Waals surface area contributed by atoms with Crippen LogP contribution >= 0.6 is 0 Å². The maximum atomic E-state index is 12.2. The second-order valence-corrected chi connectivity index (χ2v) is 5.57. The van der Waals surface area contributed by atoms with E-state index in [1.54, 1.807) is 24.3 Å². The van der Waals surface area contributed by atoms with Crippen LogP contribution in [0.1, 0.15) is 12.8 Å². The summed E-state index contributed by atoms with van der Waals surface area (Å²) in [6.07, 6.45) is -4.36. The number of methoxy groups -OCH3 is 1. The van der Waals surface area contributed by atoms with Gasteiger partial charge in [-0.05, 0) is 25.0 Å². The van der Waals surface area contributed by atoms with Crippen LogP contribution in [-0.2, 0) is 9.59 Å². The molecule has 1 saturated heterocycles. The maximum absolute atomic E-state index is 12.2. The van der Waals surface area contributed by atoms with E-state index in [0.29, 0.717) is 11.5 Å². The Kier molecular flexibility index (Phi) is 6.11. The van der Waals surface area contributed by atoms with Gasteiger partial charge in [0.25, 0.3) is 5.91 Å². The molecule has 0 atom stereocenters. The van der Waals surface area contributed by atoms with E-state index >= 15 is 0 Å². The number of carbonyl (C=O) groups excluding carboxylic acids is 2. The number of benzene rings is 1. The summed E-state index contributed by atoms with van der Waals surface area (Å²) in [5.41, 5.74) is 0. The largest absolute Gasteiger partial charge is 0.493 e. The summed E-state index contributed by atoms with van der Waals surface area (Å²) >= 11 is 0. The van der Waals surface area contributed by atoms with Crippen molar-refractivity contribution < 1.29 is 32.2 Å². The summed E-state index contributed by atoms with van der Waals surface area (Å²) in [5.74, 6) is -1.28. The molecule has 1 fully saturated rings. The van der Waals surface area contributed by atoms with Crippen LogP contribution in [0.25, 0.3) is 0 Å². The van der Waals surface area contributed by atoms with Crippen LogP contribution < -0.4 is 14.8 Å². The number of ether oxygens (including phenoxy) is 2. The zero-order valence-electron chi connectivity index (χ0n) is 13.6. The Morgan fingerprint density at radius 2 is 1.80 bits per heavy atom. The van der Waals surface area contributed by atoms with Gasteiger partial charge in [-0.25, -0.2) is 0 Å². The number of rotatable bonds is 5. The molecule has 1 aromatic carbocycles. The van der Waals surface area contributed by atoms with Crippen molar-refractivity contribution in [2.24, 2.45) is 0 Å². The van der Waals surface area contributed by atoms with Crippen LogP contribution in [0.2, 0.25) is 0 Å². The number of nitrogens with zero attached hydrogens (tertiary/aromatic N) is 1. The number of halogens is 3. The number of piperidine rings is 1. The molecule has 1 aliphatic rings. The van der Waals surface area contributed by atoms with Gasteiger partial charge in [-0.3, -0.25) is 9.59 Å². The minimum absolute atomic E-state index is 0.194. The average Bonchev–Trinajstić information content (AvgIpc) is 2.59. The Labute approximate surface area is 142 Å². The fourth-order valence-corrected chi connectivity index (χ4v) is 2.51. The lowest BCUT2D eigenvalue weighted by Gasteiger charge is -2.32. The van der Waals surface area contributed by atoms with Gasteiger partial charge in [-0.2, -0.15) is 13.2 Å². The van der Waals surface area contributed by atoms with E-state index < -0.39 is 18.1 Å². The first-order chi connectivity index (χ1) is 11.8. The van der Waals surface area contributed by atoms with Gasteiger partial charge in [-0.1, -0.05) is 12.1 Å². The van der Waals surface area contributed by atoms with E-state index in [0.717, 1.165) is 0 Å². The molecule has 0 saturated carbocycles. The molecule has 0 bridgehead atoms. The van der Waals surface area contributed by atoms with E-state index in [1.807, 2.05) is 5.32 Å². The molecule has 0 aromatic heterocycles. The predicted molar refractivity (Wildman–Crippen MR) is 82.3 cm³/mol. The van der Waals surface area contributed by atoms with E-state index in [4.69, 9.17) is 9.47 Å². The Morgan fingerprint density at radius 3 is 2.36 bits per heavy atom. The van der Waals surface area contributed by atoms with Crippen molar-refractivity contribution in [3.63, 3.8) is 0 Å². The number of carbonyl (C=O) groups is 2. The second-order valence-electron chi connectivity index (χ2n) is 5.57. The van der Waals surface area contributed by atoms with E-state index in [1.165, 1.54) is 12.0 Å². The fraction of sp³-hybridized carbons (Fsp3) is 0.500. The number of hydrogen-bond donors (Lipinski definition) is 1. The van der Waals surface area contributed by atoms with Crippen molar-refractivity contribution in [3.05, 3.63) is 24.3 Å². The van der Waals surface area contributed by atoms with Gasteiger partial charge in [0.2, 0.25) is 0 Å². The summed E-state index contributed by atoms with van der Waals surface area (Å²) in [4.78, 5) is 24.6. The standard InChI is InChI=1S/C16H19F3N2O4/c1-24-12-4-2-3-5-13(12)25-10-14(22)21-8-6-11(7-9-21)20-15(23)16(17,18)19/h2-5,11H,6-10H2,1H3,(H,20,23). The molecule has 1 heterocycles. The summed E-state index contributed by atoms with van der Waals surface area (Å²) < 4.78 is 47.3. The minimum Gasteiger partial charge on any atom is -0.493 e. The van der Waals surface area contributed by atoms with Crippen LogP contribution in [0.15, 0.2) is 24.3 Å². The maximum Gasteiger partial charge on any atom is 0.471 e. The Morgan fingerprint density at radius 1 is 1.20 bits per heavy atom. The molecule has 138 valence electrons. The first-order valence-electron chi connectivity index (χ1n) is 7.72. The molecular weight excluding hydrogens is 341 g/mol. The molecule has 0 radical (unpaired) electrons. The van der Waals surface area contributed by atoms with E-state index in [-0.39, 0.29) is 38.4 Å². The third kappa shape index (κ3) is 5.27. The molecule has 9 heteroatoms. The number of amides is 2. The molecule has 25 heavy (non-hydrogen) atoms. The van der Waals surface area contributed by atoms with Gasteiger partial charge in [-0.15, -0.1) is 0 Å². The van der Waals surface area contributed by atoms with Crippen molar-refractivity contribution in [2.45, 2.75) is 25.1 Å². The van der Waals surface area contributed by atoms with Crippen LogP contribution in [0.4, 0.5) is 13.2 Å². The van der Waals surface area contributed by atoms with Gasteiger partial charge < -0.3 is 19.7 Å². The van der Waals surface area contributed by atoms with Crippen molar-refractivity contribution in [1.82, 2.24) is 10.2 Å². The lowest BCUT2D eigenvalue weighted by molar-refractivity contribution is -0.174. The highest BCUT2D eigenvalue weighted by molar-refractivity contribution is 5.82. The summed E-state index contributed by atoms with van der Waals surface area (Å²) in [5, 5.41) is 1.94. The molecular formula is C16H19F3N2O4. The molecule has 0 aliphatic carbocycles. The average molecular weight is 360 g/mol. The van der Waals surface area contributed by atoms with Crippen molar-refractivity contribution >= 4 is 11.8 Å². The zero-order valence-corrected chi connectivity index (χ0v) is 13.6. The second kappa shape index (κ2) is 8.09. The smallest absolute Gasteiger partial charge is 0.471 e. The third-order valence-electron chi connectivity index (χ3n) is 3.86. The highest BCUT2D eigenvalue weighted by atomic mass is 19.4. The minimum atomic E-state index is -4.89. The predicted octanol–water partition coefficient (Wildman–Crippen LogP) is 1.74. The number of likely N-dealkylation sites (tertiary alicyclic amines) is 1. The van der Waals surface area contributed by atoms with Crippen LogP contribution in [0.3, 0.4) is 0 Å². The Bertz CT molecular complexity index is 614. The molecule has 1 aromatic rings. The van der Waals surface area contributed by atoms with Gasteiger partial charge in [0.1, 0.15) is 0 Å². The van der Waals surface area contributed by atoms with E-state index in [9.17, 15) is 22.8 Å². The van der Waals surface area contributed by atoms with Gasteiger partial charge >= 0.3 is 12.1 Å². The summed E-state index contributed by atoms with van der Waals surface area (Å²) in [6, 6.07) is 6.30. The van der Waals surface area contributed by atoms with Crippen LogP contribution in [-0.4, -0.2) is 55.7 Å². The van der Waals surface area contributed by atoms with Crippen molar-refractivity contribution in [1.29, 1.82) is 0 Å². The number of hydrogen-bond acceptors (Lipinski definition) is 4. The topological polar surface area (TPSA) is 67.9 Å². The number of para-hydroxylation sites is 2. The Hall–Kier alpha value is -2.45. The highest BCUT2D eigenvalue weighted by Crippen LogP contribution is 2.25. The van der Waals surface area contributed by atoms with Gasteiger partial charge in [0, 0.05) is 19.1 Å². The Balaban J connectivity index is 1.78. The number of alkyl halides is 3. The molecule has 6 nitrogen and oxygen atoms in total. The normalized spacial score (nSPS) is 15.6. The SMILES string of the molecule is COc1ccccc1OCC(=O)N1CCC(NC(=O)C(F)(F)F)CC1. The van der Waals surface area contributed by atoms with Crippen molar-refractivity contribution in [3.8, 4) is 11.5 Å². The van der Waals surface area contributed by atoms with Gasteiger partial charge in [0.05, 0.1) is 7.11 Å². The zero-order chi connectivity index (χ0) is 18.4. The summed E-state index contributed by atoms with van der Waals surface area (Å²) in [7, 11) is 1.49. The lowest BCUT2D eigenvalue weighted by Crippen LogP contribution is -2.50. The molecule has 1 aliphatic heterocycles. The first-order valence-corrected chi connectivity index (χ1v) is 7.72. The first kappa shape index (κ1) is 18.9. The molecule has 2 rings (SSSR count). The van der Waals surface area contributed by atoms with Crippen molar-refractivity contribution in [2.75, 3.05) is 26.8 Å². The van der Waals surface area contributed by atoms with Crippen LogP contribution in [0, 0.1) is 0 Å². The lowest BCUT2D eigenvalue weighted by atomic mass is 10.0.